The van der Waals surface area contributed by atoms with Gasteiger partial charge in [0.25, 0.3) is 0 Å². The van der Waals surface area contributed by atoms with Gasteiger partial charge in [-0.05, 0) is 37.3 Å². The Hall–Kier alpha value is -2.90. The highest BCUT2D eigenvalue weighted by Crippen LogP contribution is 2.26. The third-order valence-electron chi connectivity index (χ3n) is 5.69. The number of benzene rings is 1. The summed E-state index contributed by atoms with van der Waals surface area (Å²) in [7, 11) is 0. The molecule has 3 amide bonds. The van der Waals surface area contributed by atoms with Gasteiger partial charge >= 0.3 is 6.03 Å². The van der Waals surface area contributed by atoms with E-state index in [0.29, 0.717) is 44.3 Å². The number of nitrogens with zero attached hydrogens (tertiary/aromatic N) is 4. The van der Waals surface area contributed by atoms with Crippen molar-refractivity contribution >= 4 is 11.9 Å². The molecule has 154 valence electrons. The average molecular weight is 397 g/mol. The van der Waals surface area contributed by atoms with E-state index in [-0.39, 0.29) is 17.9 Å². The van der Waals surface area contributed by atoms with Gasteiger partial charge in [-0.1, -0.05) is 29.4 Å². The van der Waals surface area contributed by atoms with Crippen molar-refractivity contribution in [2.24, 2.45) is 0 Å². The third kappa shape index (κ3) is 4.75. The molecule has 2 aliphatic heterocycles. The molecule has 1 N–H and O–H groups in total. The van der Waals surface area contributed by atoms with Gasteiger partial charge in [-0.2, -0.15) is 4.98 Å². The molecule has 2 saturated heterocycles. The van der Waals surface area contributed by atoms with Crippen LogP contribution in [0.15, 0.2) is 28.8 Å². The number of rotatable bonds is 5. The highest BCUT2D eigenvalue weighted by atomic mass is 16.5. The van der Waals surface area contributed by atoms with Gasteiger partial charge in [0.15, 0.2) is 5.82 Å². The van der Waals surface area contributed by atoms with E-state index in [1.807, 2.05) is 41.0 Å². The van der Waals surface area contributed by atoms with Gasteiger partial charge in [0, 0.05) is 45.1 Å². The van der Waals surface area contributed by atoms with Crippen molar-refractivity contribution in [2.75, 3.05) is 19.6 Å². The molecule has 3 heterocycles. The molecule has 2 fully saturated rings. The summed E-state index contributed by atoms with van der Waals surface area (Å²) < 4.78 is 5.26. The van der Waals surface area contributed by atoms with Gasteiger partial charge < -0.3 is 19.6 Å². The largest absolute Gasteiger partial charge is 0.339 e. The Morgan fingerprint density at radius 1 is 1.17 bits per heavy atom. The molecule has 0 spiro atoms. The van der Waals surface area contributed by atoms with Crippen molar-refractivity contribution in [3.05, 3.63) is 47.1 Å². The number of piperidine rings is 1. The fraction of sp³-hybridized carbons (Fsp3) is 0.524. The molecule has 0 saturated carbocycles. The van der Waals surface area contributed by atoms with E-state index in [1.54, 1.807) is 0 Å². The first kappa shape index (κ1) is 19.4. The minimum absolute atomic E-state index is 0.0445. The minimum atomic E-state index is -0.0445. The smallest absolute Gasteiger partial charge is 0.317 e. The first-order valence-corrected chi connectivity index (χ1v) is 10.3. The van der Waals surface area contributed by atoms with Crippen molar-refractivity contribution in [3.8, 4) is 0 Å². The van der Waals surface area contributed by atoms with E-state index < -0.39 is 0 Å². The van der Waals surface area contributed by atoms with E-state index >= 15 is 0 Å². The van der Waals surface area contributed by atoms with E-state index in [0.717, 1.165) is 36.9 Å². The van der Waals surface area contributed by atoms with Crippen molar-refractivity contribution in [3.63, 3.8) is 0 Å². The van der Waals surface area contributed by atoms with Crippen LogP contribution in [0.25, 0.3) is 0 Å². The Morgan fingerprint density at radius 2 is 1.90 bits per heavy atom. The fourth-order valence-electron chi connectivity index (χ4n) is 3.95. The van der Waals surface area contributed by atoms with Crippen LogP contribution in [0.2, 0.25) is 0 Å². The topological polar surface area (TPSA) is 91.6 Å². The summed E-state index contributed by atoms with van der Waals surface area (Å²) in [4.78, 5) is 32.3. The van der Waals surface area contributed by atoms with Crippen LogP contribution in [0.1, 0.15) is 54.4 Å². The molecule has 0 atom stereocenters. The normalized spacial score (nSPS) is 17.8. The first-order valence-electron chi connectivity index (χ1n) is 10.3. The molecular weight excluding hydrogens is 370 g/mol. The molecule has 8 nitrogen and oxygen atoms in total. The second-order valence-electron chi connectivity index (χ2n) is 7.84. The fourth-order valence-corrected chi connectivity index (χ4v) is 3.95. The number of urea groups is 1. The number of aromatic nitrogens is 2. The number of likely N-dealkylation sites (tertiary alicyclic amines) is 2. The summed E-state index contributed by atoms with van der Waals surface area (Å²) in [5.41, 5.74) is 2.17. The van der Waals surface area contributed by atoms with Crippen molar-refractivity contribution < 1.29 is 14.1 Å². The molecule has 1 aromatic carbocycles. The van der Waals surface area contributed by atoms with Gasteiger partial charge in [-0.25, -0.2) is 4.79 Å². The Balaban J connectivity index is 1.22. The number of carbonyl (C=O) groups is 2. The van der Waals surface area contributed by atoms with Crippen LogP contribution in [0.4, 0.5) is 4.79 Å². The van der Waals surface area contributed by atoms with Crippen molar-refractivity contribution in [1.29, 1.82) is 0 Å². The predicted molar refractivity (Wildman–Crippen MR) is 106 cm³/mol. The lowest BCUT2D eigenvalue weighted by molar-refractivity contribution is -0.128. The maximum absolute atomic E-state index is 12.5. The highest BCUT2D eigenvalue weighted by molar-refractivity contribution is 5.78. The number of carbonyl (C=O) groups excluding carboxylic acids is 2. The summed E-state index contributed by atoms with van der Waals surface area (Å²) in [6, 6.07) is 8.05. The second kappa shape index (κ2) is 8.63. The number of aryl methyl sites for hydroxylation is 1. The highest BCUT2D eigenvalue weighted by Gasteiger charge is 2.27. The van der Waals surface area contributed by atoms with Gasteiger partial charge in [0.05, 0.1) is 0 Å². The van der Waals surface area contributed by atoms with Crippen molar-refractivity contribution in [1.82, 2.24) is 25.3 Å². The standard InChI is InChI=1S/C21H27N5O3/c1-15-23-20(29-24-15)18-8-11-25(12-9-18)21(28)22-13-16-4-6-17(7-5-16)14-26-10-2-3-19(26)27/h4-7,18H,2-3,8-14H2,1H3,(H,22,28). The van der Waals surface area contributed by atoms with Gasteiger partial charge in [-0.15, -0.1) is 0 Å². The van der Waals surface area contributed by atoms with Crippen LogP contribution < -0.4 is 5.32 Å². The number of hydrogen-bond acceptors (Lipinski definition) is 5. The average Bonchev–Trinajstić information content (AvgIpc) is 3.35. The summed E-state index contributed by atoms with van der Waals surface area (Å²) in [5.74, 6) is 1.80. The zero-order valence-corrected chi connectivity index (χ0v) is 16.8. The molecule has 1 aromatic heterocycles. The van der Waals surface area contributed by atoms with Gasteiger partial charge in [0.1, 0.15) is 0 Å². The lowest BCUT2D eigenvalue weighted by Gasteiger charge is -2.30. The van der Waals surface area contributed by atoms with Crippen LogP contribution in [-0.4, -0.2) is 51.5 Å². The molecule has 29 heavy (non-hydrogen) atoms. The molecule has 4 rings (SSSR count). The number of amides is 3. The minimum Gasteiger partial charge on any atom is -0.339 e. The number of nitrogens with one attached hydrogen (secondary N) is 1. The quantitative estimate of drug-likeness (QED) is 0.837. The lowest BCUT2D eigenvalue weighted by Crippen LogP contribution is -2.43. The molecule has 8 heteroatoms. The molecule has 0 bridgehead atoms. The van der Waals surface area contributed by atoms with Crippen LogP contribution in [0.5, 0.6) is 0 Å². The van der Waals surface area contributed by atoms with E-state index in [9.17, 15) is 9.59 Å². The Morgan fingerprint density at radius 3 is 2.52 bits per heavy atom. The molecule has 0 aliphatic carbocycles. The molecule has 0 radical (unpaired) electrons. The molecule has 2 aromatic rings. The van der Waals surface area contributed by atoms with Crippen molar-refractivity contribution in [2.45, 2.75) is 51.6 Å². The molecule has 2 aliphatic rings. The summed E-state index contributed by atoms with van der Waals surface area (Å²) in [5, 5.41) is 6.85. The first-order chi connectivity index (χ1) is 14.1. The van der Waals surface area contributed by atoms with Gasteiger partial charge in [-0.3, -0.25) is 4.79 Å². The second-order valence-corrected chi connectivity index (χ2v) is 7.84. The maximum Gasteiger partial charge on any atom is 0.317 e. The summed E-state index contributed by atoms with van der Waals surface area (Å²) in [6.45, 7) is 5.18. The Bertz CT molecular complexity index is 855. The monoisotopic (exact) mass is 397 g/mol. The molecular formula is C21H27N5O3. The van der Waals surface area contributed by atoms with Crippen LogP contribution >= 0.6 is 0 Å². The maximum atomic E-state index is 12.5. The van der Waals surface area contributed by atoms with Crippen LogP contribution in [0.3, 0.4) is 0 Å². The lowest BCUT2D eigenvalue weighted by atomic mass is 9.97. The predicted octanol–water partition coefficient (Wildman–Crippen LogP) is 2.59. The third-order valence-corrected chi connectivity index (χ3v) is 5.69. The zero-order chi connectivity index (χ0) is 20.2. The summed E-state index contributed by atoms with van der Waals surface area (Å²) in [6.07, 6.45) is 3.28. The SMILES string of the molecule is Cc1noc(C2CCN(C(=O)NCc3ccc(CN4CCCC4=O)cc3)CC2)n1. The van der Waals surface area contributed by atoms with E-state index in [1.165, 1.54) is 0 Å². The molecule has 0 unspecified atom stereocenters. The Labute approximate surface area is 170 Å². The summed E-state index contributed by atoms with van der Waals surface area (Å²) >= 11 is 0. The Kier molecular flexibility index (Phi) is 5.78. The van der Waals surface area contributed by atoms with Gasteiger partial charge in [0.2, 0.25) is 11.8 Å². The van der Waals surface area contributed by atoms with E-state index in [2.05, 4.69) is 15.5 Å². The zero-order valence-electron chi connectivity index (χ0n) is 16.8. The number of hydrogen-bond donors (Lipinski definition) is 1. The van der Waals surface area contributed by atoms with Crippen LogP contribution in [-0.2, 0) is 17.9 Å². The van der Waals surface area contributed by atoms with E-state index in [4.69, 9.17) is 4.52 Å². The van der Waals surface area contributed by atoms with Crippen LogP contribution in [0, 0.1) is 6.92 Å².